The van der Waals surface area contributed by atoms with Gasteiger partial charge in [-0.1, -0.05) is 40.2 Å². The maximum Gasteiger partial charge on any atom is 0.0705 e. The highest BCUT2D eigenvalue weighted by molar-refractivity contribution is 9.09. The molecule has 108 valence electrons. The molecule has 1 aromatic heterocycles. The summed E-state index contributed by atoms with van der Waals surface area (Å²) in [5.74, 6) is 5.16. The molecule has 3 saturated carbocycles. The first kappa shape index (κ1) is 12.6. The van der Waals surface area contributed by atoms with Crippen LogP contribution < -0.4 is 0 Å². The second-order valence-electron chi connectivity index (χ2n) is 7.28. The molecule has 1 nitrogen and oxygen atoms in total. The number of fused-ring (bicyclic) bond motifs is 6. The van der Waals surface area contributed by atoms with Gasteiger partial charge in [0.15, 0.2) is 0 Å². The van der Waals surface area contributed by atoms with E-state index in [0.29, 0.717) is 4.83 Å². The fourth-order valence-electron chi connectivity index (χ4n) is 5.43. The zero-order chi connectivity index (χ0) is 14.0. The smallest absolute Gasteiger partial charge is 0.0705 e. The van der Waals surface area contributed by atoms with Crippen molar-refractivity contribution in [3.05, 3.63) is 42.1 Å². The fraction of sp³-hybridized carbons (Fsp3) is 0.526. The van der Waals surface area contributed by atoms with E-state index in [1.54, 1.807) is 6.42 Å². The van der Waals surface area contributed by atoms with Gasteiger partial charge < -0.3 is 0 Å². The van der Waals surface area contributed by atoms with Gasteiger partial charge in [0, 0.05) is 22.3 Å². The molecule has 1 aromatic carbocycles. The van der Waals surface area contributed by atoms with Crippen LogP contribution in [0.1, 0.15) is 25.0 Å². The summed E-state index contributed by atoms with van der Waals surface area (Å²) in [6.45, 7) is 0. The van der Waals surface area contributed by atoms with Gasteiger partial charge in [0.2, 0.25) is 0 Å². The summed E-state index contributed by atoms with van der Waals surface area (Å²) in [5, 5.41) is 1.24. The van der Waals surface area contributed by atoms with Crippen molar-refractivity contribution in [2.24, 2.45) is 29.6 Å². The third-order valence-electron chi connectivity index (χ3n) is 6.27. The Balaban J connectivity index is 1.35. The van der Waals surface area contributed by atoms with E-state index in [0.717, 1.165) is 41.5 Å². The summed E-state index contributed by atoms with van der Waals surface area (Å²) in [7, 11) is 0. The van der Waals surface area contributed by atoms with Gasteiger partial charge in [-0.15, -0.1) is 0 Å². The van der Waals surface area contributed by atoms with Crippen LogP contribution in [-0.2, 0) is 6.42 Å². The molecule has 0 spiro atoms. The largest absolute Gasteiger partial charge is 0.253 e. The Kier molecular flexibility index (Phi) is 2.74. The molecular weight excluding hydrogens is 322 g/mol. The number of rotatable bonds is 3. The van der Waals surface area contributed by atoms with Crippen molar-refractivity contribution in [1.82, 2.24) is 4.98 Å². The molecule has 3 aliphatic carbocycles. The molecule has 0 aliphatic heterocycles. The number of halogens is 1. The van der Waals surface area contributed by atoms with E-state index in [4.69, 9.17) is 4.98 Å². The number of benzene rings is 1. The summed E-state index contributed by atoms with van der Waals surface area (Å²) in [5.41, 5.74) is 2.37. The minimum atomic E-state index is 0.629. The zero-order valence-corrected chi connectivity index (χ0v) is 13.7. The van der Waals surface area contributed by atoms with Crippen molar-refractivity contribution in [3.63, 3.8) is 0 Å². The van der Waals surface area contributed by atoms with Crippen molar-refractivity contribution in [2.75, 3.05) is 0 Å². The SMILES string of the molecule is BrC(Cc1ccc2ccccc2n1)C1C2C3CCC(C3)C12. The van der Waals surface area contributed by atoms with Crippen LogP contribution in [0.25, 0.3) is 10.9 Å². The van der Waals surface area contributed by atoms with Gasteiger partial charge >= 0.3 is 0 Å². The molecule has 0 saturated heterocycles. The number of pyridine rings is 1. The second kappa shape index (κ2) is 4.55. The molecule has 5 atom stereocenters. The molecule has 2 bridgehead atoms. The summed E-state index contributed by atoms with van der Waals surface area (Å²) in [6, 6.07) is 12.8. The number of alkyl halides is 1. The van der Waals surface area contributed by atoms with Gasteiger partial charge in [-0.05, 0) is 61.0 Å². The van der Waals surface area contributed by atoms with Crippen LogP contribution >= 0.6 is 15.9 Å². The van der Waals surface area contributed by atoms with Gasteiger partial charge in [-0.25, -0.2) is 0 Å². The lowest BCUT2D eigenvalue weighted by molar-refractivity contribution is 0.454. The Labute approximate surface area is 134 Å². The second-order valence-corrected chi connectivity index (χ2v) is 8.46. The van der Waals surface area contributed by atoms with Crippen LogP contribution in [0.3, 0.4) is 0 Å². The summed E-state index contributed by atoms with van der Waals surface area (Å²) >= 11 is 4.00. The van der Waals surface area contributed by atoms with Gasteiger partial charge in [-0.2, -0.15) is 0 Å². The van der Waals surface area contributed by atoms with Crippen molar-refractivity contribution >= 4 is 26.8 Å². The van der Waals surface area contributed by atoms with Crippen LogP contribution in [0.2, 0.25) is 0 Å². The van der Waals surface area contributed by atoms with Crippen molar-refractivity contribution in [1.29, 1.82) is 0 Å². The van der Waals surface area contributed by atoms with E-state index in [1.165, 1.54) is 23.9 Å². The Morgan fingerprint density at radius 2 is 1.81 bits per heavy atom. The number of hydrogen-bond acceptors (Lipinski definition) is 1. The van der Waals surface area contributed by atoms with Crippen LogP contribution in [0, 0.1) is 29.6 Å². The Morgan fingerprint density at radius 3 is 2.62 bits per heavy atom. The fourth-order valence-corrected chi connectivity index (χ4v) is 6.47. The average Bonchev–Trinajstić information content (AvgIpc) is 2.96. The Hall–Kier alpha value is -0.890. The third-order valence-corrected chi connectivity index (χ3v) is 7.21. The maximum atomic E-state index is 4.84. The molecule has 2 aromatic rings. The molecule has 3 fully saturated rings. The minimum Gasteiger partial charge on any atom is -0.253 e. The topological polar surface area (TPSA) is 12.9 Å². The van der Waals surface area contributed by atoms with E-state index in [2.05, 4.69) is 52.3 Å². The van der Waals surface area contributed by atoms with Crippen LogP contribution in [-0.4, -0.2) is 9.81 Å². The summed E-state index contributed by atoms with van der Waals surface area (Å²) < 4.78 is 0. The van der Waals surface area contributed by atoms with Crippen LogP contribution in [0.4, 0.5) is 0 Å². The molecule has 1 heterocycles. The van der Waals surface area contributed by atoms with E-state index in [-0.39, 0.29) is 0 Å². The standard InChI is InChI=1S/C19H20BrN/c20-15(19-17-12-5-6-13(9-12)18(17)19)10-14-8-7-11-3-1-2-4-16(11)21-14/h1-4,7-8,12-13,15,17-19H,5-6,9-10H2. The zero-order valence-electron chi connectivity index (χ0n) is 12.1. The van der Waals surface area contributed by atoms with Crippen molar-refractivity contribution in [2.45, 2.75) is 30.5 Å². The highest BCUT2D eigenvalue weighted by Crippen LogP contribution is 2.71. The van der Waals surface area contributed by atoms with Gasteiger partial charge in [0.05, 0.1) is 5.52 Å². The molecular formula is C19H20BrN. The Morgan fingerprint density at radius 1 is 1.05 bits per heavy atom. The maximum absolute atomic E-state index is 4.84. The van der Waals surface area contributed by atoms with Gasteiger partial charge in [0.1, 0.15) is 0 Å². The summed E-state index contributed by atoms with van der Waals surface area (Å²) in [4.78, 5) is 5.47. The first-order valence-corrected chi connectivity index (χ1v) is 9.21. The third kappa shape index (κ3) is 1.91. The normalized spacial score (nSPS) is 37.7. The van der Waals surface area contributed by atoms with Gasteiger partial charge in [-0.3, -0.25) is 4.98 Å². The highest BCUT2D eigenvalue weighted by Gasteiger charge is 2.66. The molecule has 0 amide bonds. The van der Waals surface area contributed by atoms with Crippen LogP contribution in [0.5, 0.6) is 0 Å². The summed E-state index contributed by atoms with van der Waals surface area (Å²) in [6.07, 6.45) is 5.65. The number of nitrogens with zero attached hydrogens (tertiary/aromatic N) is 1. The lowest BCUT2D eigenvalue weighted by Crippen LogP contribution is -2.13. The van der Waals surface area contributed by atoms with Gasteiger partial charge in [0.25, 0.3) is 0 Å². The minimum absolute atomic E-state index is 0.629. The van der Waals surface area contributed by atoms with E-state index >= 15 is 0 Å². The lowest BCUT2D eigenvalue weighted by atomic mass is 9.98. The first-order valence-electron chi connectivity index (χ1n) is 8.30. The Bertz CT molecular complexity index is 681. The molecule has 2 heteroatoms. The number of hydrogen-bond donors (Lipinski definition) is 0. The predicted molar refractivity (Wildman–Crippen MR) is 89.5 cm³/mol. The van der Waals surface area contributed by atoms with Crippen LogP contribution in [0.15, 0.2) is 36.4 Å². The lowest BCUT2D eigenvalue weighted by Gasteiger charge is -2.14. The van der Waals surface area contributed by atoms with Crippen molar-refractivity contribution < 1.29 is 0 Å². The van der Waals surface area contributed by atoms with E-state index in [1.807, 2.05) is 0 Å². The molecule has 21 heavy (non-hydrogen) atoms. The predicted octanol–water partition coefficient (Wildman–Crippen LogP) is 4.83. The van der Waals surface area contributed by atoms with E-state index in [9.17, 15) is 0 Å². The first-order chi connectivity index (χ1) is 10.3. The monoisotopic (exact) mass is 341 g/mol. The van der Waals surface area contributed by atoms with E-state index < -0.39 is 0 Å². The molecule has 3 aliphatic rings. The number of aromatic nitrogens is 1. The molecule has 0 radical (unpaired) electrons. The molecule has 0 N–H and O–H groups in total. The molecule has 5 unspecified atom stereocenters. The number of para-hydroxylation sites is 1. The average molecular weight is 342 g/mol. The van der Waals surface area contributed by atoms with Crippen molar-refractivity contribution in [3.8, 4) is 0 Å². The molecule has 5 rings (SSSR count). The highest BCUT2D eigenvalue weighted by atomic mass is 79.9. The quantitative estimate of drug-likeness (QED) is 0.728.